The maximum Gasteiger partial charge on any atom is 0.140 e. The number of carbonyl (C=O) groups excluding carboxylic acids is 1. The fraction of sp³-hybridized carbons (Fsp3) is 0.552. The van der Waals surface area contributed by atoms with Crippen molar-refractivity contribution in [2.75, 3.05) is 40.3 Å². The number of Topliss-reactive ketones (excluding diaryl/α,β-unsaturated/α-hetero) is 1. The molecule has 0 aromatic heterocycles. The molecule has 0 bridgehead atoms. The van der Waals surface area contributed by atoms with Gasteiger partial charge in [0.15, 0.2) is 0 Å². The van der Waals surface area contributed by atoms with E-state index >= 15 is 0 Å². The molecule has 4 rings (SSSR count). The Bertz CT molecular complexity index is 924. The highest BCUT2D eigenvalue weighted by molar-refractivity contribution is 5.86. The number of rotatable bonds is 6. The van der Waals surface area contributed by atoms with Crippen molar-refractivity contribution in [3.63, 3.8) is 0 Å². The Morgan fingerprint density at radius 2 is 1.09 bits per heavy atom. The minimum absolute atomic E-state index is 0.174. The number of hydrogen-bond acceptors (Lipinski definition) is 5. The molecule has 0 aliphatic carbocycles. The van der Waals surface area contributed by atoms with Crippen LogP contribution < -0.4 is 0 Å². The van der Waals surface area contributed by atoms with Crippen molar-refractivity contribution in [1.29, 1.82) is 0 Å². The molecule has 5 heteroatoms. The van der Waals surface area contributed by atoms with E-state index in [1.807, 2.05) is 24.3 Å². The molecule has 2 heterocycles. The molecule has 2 aromatic carbocycles. The first-order valence-electron chi connectivity index (χ1n) is 12.7. The summed E-state index contributed by atoms with van der Waals surface area (Å²) >= 11 is 0. The molecule has 184 valence electrons. The molecule has 0 spiro atoms. The summed E-state index contributed by atoms with van der Waals surface area (Å²) < 4.78 is 0. The van der Waals surface area contributed by atoms with Gasteiger partial charge in [0.25, 0.3) is 0 Å². The van der Waals surface area contributed by atoms with Crippen molar-refractivity contribution in [2.24, 2.45) is 11.8 Å². The summed E-state index contributed by atoms with van der Waals surface area (Å²) in [6, 6.07) is 15.1. The van der Waals surface area contributed by atoms with Gasteiger partial charge in [0.05, 0.1) is 0 Å². The number of nitrogens with zero attached hydrogens (tertiary/aromatic N) is 2. The zero-order valence-electron chi connectivity index (χ0n) is 21.1. The number of aromatic hydroxyl groups is 2. The van der Waals surface area contributed by atoms with Gasteiger partial charge in [-0.25, -0.2) is 0 Å². The van der Waals surface area contributed by atoms with Crippen molar-refractivity contribution in [3.05, 3.63) is 59.7 Å². The lowest BCUT2D eigenvalue weighted by molar-refractivity contribution is -0.132. The largest absolute Gasteiger partial charge is 0.508 e. The molecule has 2 unspecified atom stereocenters. The van der Waals surface area contributed by atoms with Gasteiger partial charge >= 0.3 is 0 Å². The van der Waals surface area contributed by atoms with Crippen LogP contribution in [0.5, 0.6) is 11.5 Å². The van der Waals surface area contributed by atoms with Crippen LogP contribution in [0.3, 0.4) is 0 Å². The lowest BCUT2D eigenvalue weighted by atomic mass is 9.57. The van der Waals surface area contributed by atoms with E-state index in [1.165, 1.54) is 0 Å². The average Bonchev–Trinajstić information content (AvgIpc) is 2.84. The zero-order valence-corrected chi connectivity index (χ0v) is 21.1. The summed E-state index contributed by atoms with van der Waals surface area (Å²) in [7, 11) is 4.27. The second kappa shape index (κ2) is 9.71. The van der Waals surface area contributed by atoms with E-state index in [0.717, 1.165) is 63.0 Å². The van der Waals surface area contributed by atoms with Gasteiger partial charge < -0.3 is 20.0 Å². The quantitative estimate of drug-likeness (QED) is 0.656. The number of phenolic OH excluding ortho intramolecular Hbond substituents is 2. The van der Waals surface area contributed by atoms with Crippen LogP contribution in [0, 0.1) is 11.8 Å². The van der Waals surface area contributed by atoms with Crippen molar-refractivity contribution >= 4 is 5.78 Å². The fourth-order valence-corrected chi connectivity index (χ4v) is 6.53. The van der Waals surface area contributed by atoms with Crippen LogP contribution in [0.4, 0.5) is 0 Å². The van der Waals surface area contributed by atoms with E-state index < -0.39 is 0 Å². The number of likely N-dealkylation sites (tertiary alicyclic amines) is 2. The molecule has 2 aliphatic rings. The molecule has 2 aromatic rings. The van der Waals surface area contributed by atoms with E-state index in [2.05, 4.69) is 49.9 Å². The topological polar surface area (TPSA) is 64.0 Å². The monoisotopic (exact) mass is 464 g/mol. The van der Waals surface area contributed by atoms with Gasteiger partial charge in [-0.15, -0.1) is 0 Å². The Labute approximate surface area is 204 Å². The maximum atomic E-state index is 14.4. The van der Waals surface area contributed by atoms with Crippen LogP contribution in [-0.2, 0) is 15.6 Å². The smallest absolute Gasteiger partial charge is 0.140 e. The molecule has 2 N–H and O–H groups in total. The van der Waals surface area contributed by atoms with Gasteiger partial charge in [-0.2, -0.15) is 0 Å². The van der Waals surface area contributed by atoms with Gasteiger partial charge in [0.2, 0.25) is 0 Å². The molecular weight excluding hydrogens is 424 g/mol. The predicted octanol–water partition coefficient (Wildman–Crippen LogP) is 4.57. The predicted molar refractivity (Wildman–Crippen MR) is 136 cm³/mol. The zero-order chi connectivity index (χ0) is 24.5. The standard InChI is InChI=1S/C29H40N2O3/c1-21(28(11-15-30(3)16-12-28)23-7-5-9-25(32)19-23)27(34)22(2)29(13-17-31(4)18-14-29)24-8-6-10-26(33)20-24/h5-10,19-22,32-33H,11-18H2,1-4H3. The molecule has 0 radical (unpaired) electrons. The van der Waals surface area contributed by atoms with Gasteiger partial charge in [-0.05, 0) is 101 Å². The van der Waals surface area contributed by atoms with Crippen molar-refractivity contribution in [2.45, 2.75) is 50.4 Å². The molecule has 2 atom stereocenters. The average molecular weight is 465 g/mol. The normalized spacial score (nSPS) is 22.7. The van der Waals surface area contributed by atoms with Crippen molar-refractivity contribution < 1.29 is 15.0 Å². The second-order valence-electron chi connectivity index (χ2n) is 10.9. The van der Waals surface area contributed by atoms with Gasteiger partial charge in [-0.3, -0.25) is 4.79 Å². The Morgan fingerprint density at radius 1 is 0.735 bits per heavy atom. The minimum atomic E-state index is -0.290. The molecular formula is C29H40N2O3. The first-order valence-corrected chi connectivity index (χ1v) is 12.7. The third-order valence-corrected chi connectivity index (χ3v) is 9.11. The molecule has 5 nitrogen and oxygen atoms in total. The SMILES string of the molecule is CC(C(=O)C(C)C1(c2cccc(O)c2)CCN(C)CC1)C1(c2cccc(O)c2)CCN(C)CC1. The third-order valence-electron chi connectivity index (χ3n) is 9.11. The second-order valence-corrected chi connectivity index (χ2v) is 10.9. The van der Waals surface area contributed by atoms with E-state index in [9.17, 15) is 15.0 Å². The number of ketones is 1. The number of phenols is 2. The van der Waals surface area contributed by atoms with Crippen molar-refractivity contribution in [3.8, 4) is 11.5 Å². The van der Waals surface area contributed by atoms with Crippen LogP contribution in [0.2, 0.25) is 0 Å². The fourth-order valence-electron chi connectivity index (χ4n) is 6.53. The van der Waals surface area contributed by atoms with Crippen molar-refractivity contribution in [1.82, 2.24) is 9.80 Å². The summed E-state index contributed by atoms with van der Waals surface area (Å²) in [4.78, 5) is 19.0. The third kappa shape index (κ3) is 4.48. The van der Waals surface area contributed by atoms with Crippen LogP contribution in [-0.4, -0.2) is 66.1 Å². The highest BCUT2D eigenvalue weighted by Gasteiger charge is 2.49. The van der Waals surface area contributed by atoms with Crippen LogP contribution in [0.1, 0.15) is 50.7 Å². The van der Waals surface area contributed by atoms with Gasteiger partial charge in [-0.1, -0.05) is 38.1 Å². The first-order chi connectivity index (χ1) is 16.2. The van der Waals surface area contributed by atoms with Gasteiger partial charge in [0, 0.05) is 22.7 Å². The highest BCUT2D eigenvalue weighted by atomic mass is 16.3. The Balaban J connectivity index is 1.72. The summed E-state index contributed by atoms with van der Waals surface area (Å²) in [6.07, 6.45) is 3.59. The lowest BCUT2D eigenvalue weighted by Gasteiger charge is -2.49. The first kappa shape index (κ1) is 24.7. The minimum Gasteiger partial charge on any atom is -0.508 e. The maximum absolute atomic E-state index is 14.4. The Morgan fingerprint density at radius 3 is 1.41 bits per heavy atom. The molecule has 2 fully saturated rings. The lowest BCUT2D eigenvalue weighted by Crippen LogP contribution is -2.52. The number of piperidine rings is 2. The molecule has 2 aliphatic heterocycles. The molecule has 0 amide bonds. The summed E-state index contributed by atoms with van der Waals surface area (Å²) in [5.41, 5.74) is 1.57. The molecule has 34 heavy (non-hydrogen) atoms. The van der Waals surface area contributed by atoms with E-state index in [1.54, 1.807) is 12.1 Å². The molecule has 0 saturated carbocycles. The summed E-state index contributed by atoms with van der Waals surface area (Å²) in [6.45, 7) is 7.96. The van der Waals surface area contributed by atoms with E-state index in [-0.39, 0.29) is 34.2 Å². The highest BCUT2D eigenvalue weighted by Crippen LogP contribution is 2.48. The van der Waals surface area contributed by atoms with E-state index in [4.69, 9.17) is 0 Å². The number of carbonyl (C=O) groups is 1. The van der Waals surface area contributed by atoms with Crippen LogP contribution in [0.15, 0.2) is 48.5 Å². The van der Waals surface area contributed by atoms with Crippen LogP contribution in [0.25, 0.3) is 0 Å². The van der Waals surface area contributed by atoms with E-state index in [0.29, 0.717) is 5.78 Å². The Hall–Kier alpha value is -2.37. The summed E-state index contributed by atoms with van der Waals surface area (Å²) in [5, 5.41) is 20.5. The van der Waals surface area contributed by atoms with Crippen LogP contribution >= 0.6 is 0 Å². The molecule has 2 saturated heterocycles. The van der Waals surface area contributed by atoms with Gasteiger partial charge in [0.1, 0.15) is 17.3 Å². The summed E-state index contributed by atoms with van der Waals surface area (Å²) in [5.74, 6) is 0.463. The Kier molecular flexibility index (Phi) is 7.07. The number of hydrogen-bond donors (Lipinski definition) is 2. The number of benzene rings is 2.